The Hall–Kier alpha value is -3.78. The van der Waals surface area contributed by atoms with E-state index in [4.69, 9.17) is 9.47 Å². The molecule has 220 valence electrons. The molecule has 0 unspecified atom stereocenters. The molecular weight excluding hydrogens is 561 g/mol. The van der Waals surface area contributed by atoms with Crippen molar-refractivity contribution >= 4 is 5.91 Å². The number of benzene rings is 2. The van der Waals surface area contributed by atoms with Gasteiger partial charge in [0.2, 0.25) is 0 Å². The molecule has 14 heteroatoms. The summed E-state index contributed by atoms with van der Waals surface area (Å²) in [5.41, 5.74) is -3.06. The predicted molar refractivity (Wildman–Crippen MR) is 132 cm³/mol. The SMILES string of the molecule is CN(Cc1cc(C(F)(F)F)cc(C(F)(F)F)c1)C(=O)c1nc(OCCN2CCOCC2)ncc1-c1ccc(F)cc1. The Bertz CT molecular complexity index is 1330. The largest absolute Gasteiger partial charge is 0.462 e. The van der Waals surface area contributed by atoms with E-state index in [9.17, 15) is 35.5 Å². The van der Waals surface area contributed by atoms with E-state index in [0.717, 1.165) is 17.0 Å². The lowest BCUT2D eigenvalue weighted by Gasteiger charge is -2.26. The van der Waals surface area contributed by atoms with E-state index in [0.29, 0.717) is 50.5 Å². The van der Waals surface area contributed by atoms with Gasteiger partial charge in [-0.3, -0.25) is 9.69 Å². The lowest BCUT2D eigenvalue weighted by Crippen LogP contribution is -2.38. The molecule has 4 rings (SSSR count). The van der Waals surface area contributed by atoms with E-state index in [1.807, 2.05) is 0 Å². The maximum Gasteiger partial charge on any atom is 0.416 e. The number of ether oxygens (including phenoxy) is 2. The molecule has 0 atom stereocenters. The highest BCUT2D eigenvalue weighted by Gasteiger charge is 2.37. The Morgan fingerprint density at radius 1 is 1.00 bits per heavy atom. The highest BCUT2D eigenvalue weighted by atomic mass is 19.4. The zero-order valence-corrected chi connectivity index (χ0v) is 21.7. The topological polar surface area (TPSA) is 67.8 Å². The molecule has 1 amide bonds. The first-order valence-corrected chi connectivity index (χ1v) is 12.4. The van der Waals surface area contributed by atoms with E-state index >= 15 is 0 Å². The number of hydrogen-bond acceptors (Lipinski definition) is 6. The van der Waals surface area contributed by atoms with Crippen molar-refractivity contribution in [3.05, 3.63) is 76.9 Å². The van der Waals surface area contributed by atoms with E-state index in [2.05, 4.69) is 14.9 Å². The van der Waals surface area contributed by atoms with Crippen molar-refractivity contribution in [2.75, 3.05) is 46.5 Å². The van der Waals surface area contributed by atoms with Gasteiger partial charge in [0.15, 0.2) is 0 Å². The maximum atomic E-state index is 13.5. The number of carbonyl (C=O) groups excluding carboxylic acids is 1. The Kier molecular flexibility index (Phi) is 9.12. The number of halogens is 7. The number of morpholine rings is 1. The number of alkyl halides is 6. The van der Waals surface area contributed by atoms with Gasteiger partial charge in [-0.25, -0.2) is 9.37 Å². The van der Waals surface area contributed by atoms with Crippen LogP contribution in [0.4, 0.5) is 30.7 Å². The molecule has 41 heavy (non-hydrogen) atoms. The van der Waals surface area contributed by atoms with E-state index < -0.39 is 41.7 Å². The summed E-state index contributed by atoms with van der Waals surface area (Å²) in [5, 5.41) is 0. The quantitative estimate of drug-likeness (QED) is 0.334. The van der Waals surface area contributed by atoms with Crippen molar-refractivity contribution in [3.8, 4) is 17.1 Å². The second-order valence-electron chi connectivity index (χ2n) is 9.30. The predicted octanol–water partition coefficient (Wildman–Crippen LogP) is 5.30. The Morgan fingerprint density at radius 2 is 1.61 bits per heavy atom. The third kappa shape index (κ3) is 7.91. The first-order chi connectivity index (χ1) is 19.3. The number of hydrogen-bond donors (Lipinski definition) is 0. The van der Waals surface area contributed by atoms with Crippen LogP contribution in [0.15, 0.2) is 48.7 Å². The van der Waals surface area contributed by atoms with E-state index in [1.54, 1.807) is 0 Å². The van der Waals surface area contributed by atoms with Crippen molar-refractivity contribution in [2.24, 2.45) is 0 Å². The number of rotatable bonds is 8. The fraction of sp³-hybridized carbons (Fsp3) is 0.370. The molecule has 0 bridgehead atoms. The summed E-state index contributed by atoms with van der Waals surface area (Å²) >= 11 is 0. The van der Waals surface area contributed by atoms with Crippen LogP contribution in [-0.4, -0.2) is 72.2 Å². The van der Waals surface area contributed by atoms with Crippen LogP contribution in [0, 0.1) is 5.82 Å². The van der Waals surface area contributed by atoms with Gasteiger partial charge < -0.3 is 14.4 Å². The smallest absolute Gasteiger partial charge is 0.416 e. The van der Waals surface area contributed by atoms with Crippen LogP contribution in [0.5, 0.6) is 6.01 Å². The maximum absolute atomic E-state index is 13.5. The molecule has 0 radical (unpaired) electrons. The van der Waals surface area contributed by atoms with Crippen molar-refractivity contribution in [3.63, 3.8) is 0 Å². The molecule has 2 heterocycles. The van der Waals surface area contributed by atoms with Crippen LogP contribution < -0.4 is 4.74 Å². The van der Waals surface area contributed by atoms with Crippen LogP contribution in [0.3, 0.4) is 0 Å². The molecule has 1 fully saturated rings. The van der Waals surface area contributed by atoms with E-state index in [-0.39, 0.29) is 35.5 Å². The Labute approximate surface area is 230 Å². The van der Waals surface area contributed by atoms with Gasteiger partial charge >= 0.3 is 18.4 Å². The van der Waals surface area contributed by atoms with Crippen molar-refractivity contribution < 1.29 is 45.0 Å². The zero-order chi connectivity index (χ0) is 29.8. The van der Waals surface area contributed by atoms with Gasteiger partial charge in [0, 0.05) is 45.0 Å². The fourth-order valence-corrected chi connectivity index (χ4v) is 4.17. The molecule has 0 aliphatic carbocycles. The van der Waals surface area contributed by atoms with Crippen LogP contribution in [-0.2, 0) is 23.6 Å². The summed E-state index contributed by atoms with van der Waals surface area (Å²) in [6, 6.07) is 6.05. The lowest BCUT2D eigenvalue weighted by atomic mass is 10.0. The molecule has 1 aliphatic rings. The minimum absolute atomic E-state index is 0.0168. The second kappa shape index (κ2) is 12.4. The summed E-state index contributed by atoms with van der Waals surface area (Å²) in [4.78, 5) is 24.9. The third-order valence-electron chi connectivity index (χ3n) is 6.28. The van der Waals surface area contributed by atoms with Gasteiger partial charge in [-0.15, -0.1) is 0 Å². The lowest BCUT2D eigenvalue weighted by molar-refractivity contribution is -0.143. The first-order valence-electron chi connectivity index (χ1n) is 12.4. The van der Waals surface area contributed by atoms with Gasteiger partial charge in [-0.1, -0.05) is 12.1 Å². The molecule has 1 aromatic heterocycles. The average Bonchev–Trinajstić information content (AvgIpc) is 2.92. The van der Waals surface area contributed by atoms with Gasteiger partial charge in [-0.05, 0) is 41.5 Å². The number of amides is 1. The third-order valence-corrected chi connectivity index (χ3v) is 6.28. The number of nitrogens with zero attached hydrogens (tertiary/aromatic N) is 4. The standard InChI is InChI=1S/C27H25F7N4O3/c1-37(16-17-12-19(26(29,30)31)14-20(13-17)27(32,33)34)24(39)23-22(18-2-4-21(28)5-3-18)15-35-25(36-23)41-11-8-38-6-9-40-10-7-38/h2-5,12-15H,6-11,16H2,1H3. The minimum atomic E-state index is -5.03. The Balaban J connectivity index is 1.61. The summed E-state index contributed by atoms with van der Waals surface area (Å²) in [7, 11) is 1.21. The summed E-state index contributed by atoms with van der Waals surface area (Å²) < 4.78 is 104. The molecule has 1 aliphatic heterocycles. The van der Waals surface area contributed by atoms with Crippen molar-refractivity contribution in [1.82, 2.24) is 19.8 Å². The van der Waals surface area contributed by atoms with Crippen molar-refractivity contribution in [1.29, 1.82) is 0 Å². The second-order valence-corrected chi connectivity index (χ2v) is 9.30. The molecule has 1 saturated heterocycles. The molecular formula is C27H25F7N4O3. The summed E-state index contributed by atoms with van der Waals surface area (Å²) in [5.74, 6) is -1.36. The molecule has 7 nitrogen and oxygen atoms in total. The van der Waals surface area contributed by atoms with Crippen molar-refractivity contribution in [2.45, 2.75) is 18.9 Å². The fourth-order valence-electron chi connectivity index (χ4n) is 4.17. The normalized spacial score (nSPS) is 14.6. The monoisotopic (exact) mass is 586 g/mol. The highest BCUT2D eigenvalue weighted by molar-refractivity contribution is 5.98. The number of aromatic nitrogens is 2. The summed E-state index contributed by atoms with van der Waals surface area (Å²) in [6.07, 6.45) is -8.78. The molecule has 0 saturated carbocycles. The summed E-state index contributed by atoms with van der Waals surface area (Å²) in [6.45, 7) is 2.73. The van der Waals surface area contributed by atoms with E-state index in [1.165, 1.54) is 25.4 Å². The first kappa shape index (κ1) is 30.2. The van der Waals surface area contributed by atoms with Gasteiger partial charge in [0.1, 0.15) is 18.1 Å². The van der Waals surface area contributed by atoms with Crippen LogP contribution in [0.2, 0.25) is 0 Å². The van der Waals surface area contributed by atoms with Gasteiger partial charge in [0.05, 0.1) is 24.3 Å². The molecule has 0 N–H and O–H groups in total. The van der Waals surface area contributed by atoms with Crippen LogP contribution in [0.25, 0.3) is 11.1 Å². The van der Waals surface area contributed by atoms with Crippen LogP contribution in [0.1, 0.15) is 27.2 Å². The van der Waals surface area contributed by atoms with Crippen LogP contribution >= 0.6 is 0 Å². The van der Waals surface area contributed by atoms with Gasteiger partial charge in [-0.2, -0.15) is 31.3 Å². The highest BCUT2D eigenvalue weighted by Crippen LogP contribution is 2.36. The van der Waals surface area contributed by atoms with Gasteiger partial charge in [0.25, 0.3) is 5.91 Å². The molecule has 3 aromatic rings. The minimum Gasteiger partial charge on any atom is -0.462 e. The zero-order valence-electron chi connectivity index (χ0n) is 21.7. The Morgan fingerprint density at radius 3 is 2.20 bits per heavy atom. The molecule has 2 aromatic carbocycles. The number of carbonyl (C=O) groups is 1. The average molecular weight is 587 g/mol. The molecule has 0 spiro atoms.